The Labute approximate surface area is 160 Å². The number of fused-ring (bicyclic) bond motifs is 1. The minimum atomic E-state index is -0.772. The number of nitrogens with zero attached hydrogens (tertiary/aromatic N) is 2. The Hall–Kier alpha value is -3.61. The molecule has 0 aliphatic carbocycles. The van der Waals surface area contributed by atoms with Gasteiger partial charge in [0.15, 0.2) is 0 Å². The summed E-state index contributed by atoms with van der Waals surface area (Å²) in [6.45, 7) is 3.28. The molecule has 0 saturated heterocycles. The normalized spacial score (nSPS) is 16.0. The molecule has 2 heterocycles. The first-order valence-corrected chi connectivity index (χ1v) is 8.69. The van der Waals surface area contributed by atoms with Gasteiger partial charge in [-0.15, -0.1) is 5.10 Å². The number of carbonyl (C=O) groups is 1. The molecule has 142 valence electrons. The van der Waals surface area contributed by atoms with Crippen LogP contribution in [0.25, 0.3) is 11.0 Å². The number of aryl methyl sites for hydroxylation is 1. The molecular weight excluding hydrogens is 360 g/mol. The van der Waals surface area contributed by atoms with Gasteiger partial charge in [0, 0.05) is 12.5 Å². The van der Waals surface area contributed by atoms with E-state index in [-0.39, 0.29) is 22.8 Å². The third-order valence-corrected chi connectivity index (χ3v) is 4.53. The standard InChI is InChI=1S/C21H18N2O5/c1-12-4-9-18-16(10-12)19(25)17(11-27-18)20-22-23(13(2)24)21(28-20)14-5-7-15(26-3)8-6-14/h4-11,21H,1-3H3. The van der Waals surface area contributed by atoms with E-state index in [0.717, 1.165) is 5.56 Å². The Balaban J connectivity index is 1.75. The third kappa shape index (κ3) is 3.00. The van der Waals surface area contributed by atoms with Gasteiger partial charge in [-0.25, -0.2) is 0 Å². The van der Waals surface area contributed by atoms with Gasteiger partial charge in [0.05, 0.1) is 12.5 Å². The molecule has 1 unspecified atom stereocenters. The Morgan fingerprint density at radius 2 is 1.93 bits per heavy atom. The molecule has 7 heteroatoms. The number of amides is 1. The summed E-state index contributed by atoms with van der Waals surface area (Å²) in [5, 5.41) is 5.88. The maximum atomic E-state index is 12.9. The van der Waals surface area contributed by atoms with Crippen molar-refractivity contribution < 1.29 is 18.7 Å². The lowest BCUT2D eigenvalue weighted by Crippen LogP contribution is -2.25. The second-order valence-electron chi connectivity index (χ2n) is 6.49. The zero-order valence-electron chi connectivity index (χ0n) is 15.6. The second kappa shape index (κ2) is 6.84. The zero-order chi connectivity index (χ0) is 19.8. The first kappa shape index (κ1) is 17.8. The van der Waals surface area contributed by atoms with Crippen molar-refractivity contribution in [2.45, 2.75) is 20.1 Å². The molecule has 7 nitrogen and oxygen atoms in total. The van der Waals surface area contributed by atoms with Crippen LogP contribution in [-0.4, -0.2) is 23.9 Å². The summed E-state index contributed by atoms with van der Waals surface area (Å²) in [6.07, 6.45) is 0.541. The second-order valence-corrected chi connectivity index (χ2v) is 6.49. The van der Waals surface area contributed by atoms with Crippen LogP contribution >= 0.6 is 0 Å². The van der Waals surface area contributed by atoms with Gasteiger partial charge in [-0.2, -0.15) is 5.01 Å². The number of hydrogen-bond acceptors (Lipinski definition) is 6. The summed E-state index contributed by atoms with van der Waals surface area (Å²) in [6, 6.07) is 12.5. The first-order valence-electron chi connectivity index (χ1n) is 8.69. The molecule has 1 aromatic heterocycles. The highest BCUT2D eigenvalue weighted by atomic mass is 16.5. The van der Waals surface area contributed by atoms with Crippen LogP contribution in [0.5, 0.6) is 5.75 Å². The van der Waals surface area contributed by atoms with Gasteiger partial charge in [0.2, 0.25) is 23.5 Å². The van der Waals surface area contributed by atoms with Crippen molar-refractivity contribution in [1.29, 1.82) is 0 Å². The Kier molecular flexibility index (Phi) is 4.35. The molecule has 4 rings (SSSR count). The van der Waals surface area contributed by atoms with Crippen LogP contribution in [0.3, 0.4) is 0 Å². The fraction of sp³-hybridized carbons (Fsp3) is 0.190. The molecule has 28 heavy (non-hydrogen) atoms. The van der Waals surface area contributed by atoms with E-state index in [2.05, 4.69) is 5.10 Å². The maximum absolute atomic E-state index is 12.9. The lowest BCUT2D eigenvalue weighted by Gasteiger charge is -2.19. The lowest BCUT2D eigenvalue weighted by atomic mass is 10.1. The SMILES string of the molecule is COc1ccc(C2OC(c3coc4ccc(C)cc4c3=O)=NN2C(C)=O)cc1. The Bertz CT molecular complexity index is 1150. The molecule has 0 fully saturated rings. The number of hydrazone groups is 1. The molecule has 0 spiro atoms. The van der Waals surface area contributed by atoms with E-state index in [1.54, 1.807) is 43.5 Å². The van der Waals surface area contributed by atoms with Crippen LogP contribution < -0.4 is 10.2 Å². The smallest absolute Gasteiger partial charge is 0.248 e. The van der Waals surface area contributed by atoms with Crippen molar-refractivity contribution in [1.82, 2.24) is 5.01 Å². The van der Waals surface area contributed by atoms with Gasteiger partial charge in [-0.3, -0.25) is 9.59 Å². The van der Waals surface area contributed by atoms with Crippen molar-refractivity contribution in [3.8, 4) is 5.75 Å². The summed E-state index contributed by atoms with van der Waals surface area (Å²) in [4.78, 5) is 25.0. The molecular formula is C21H18N2O5. The minimum Gasteiger partial charge on any atom is -0.497 e. The van der Waals surface area contributed by atoms with Gasteiger partial charge < -0.3 is 13.9 Å². The van der Waals surface area contributed by atoms with Crippen LogP contribution in [0.15, 0.2) is 63.0 Å². The number of rotatable bonds is 3. The predicted octanol–water partition coefficient (Wildman–Crippen LogP) is 3.35. The summed E-state index contributed by atoms with van der Waals surface area (Å²) < 4.78 is 16.6. The third-order valence-electron chi connectivity index (χ3n) is 4.53. The zero-order valence-corrected chi connectivity index (χ0v) is 15.6. The number of methoxy groups -OCH3 is 1. The van der Waals surface area contributed by atoms with Gasteiger partial charge >= 0.3 is 0 Å². The Morgan fingerprint density at radius 3 is 2.61 bits per heavy atom. The van der Waals surface area contributed by atoms with E-state index in [1.807, 2.05) is 13.0 Å². The Morgan fingerprint density at radius 1 is 1.18 bits per heavy atom. The summed E-state index contributed by atoms with van der Waals surface area (Å²) in [5.41, 5.74) is 2.03. The van der Waals surface area contributed by atoms with E-state index in [4.69, 9.17) is 13.9 Å². The number of ether oxygens (including phenoxy) is 2. The first-order chi connectivity index (χ1) is 13.5. The molecule has 1 aliphatic rings. The molecule has 0 radical (unpaired) electrons. The fourth-order valence-corrected chi connectivity index (χ4v) is 3.05. The molecule has 1 atom stereocenters. The van der Waals surface area contributed by atoms with Crippen LogP contribution in [0.4, 0.5) is 0 Å². The van der Waals surface area contributed by atoms with Crippen LogP contribution in [-0.2, 0) is 9.53 Å². The van der Waals surface area contributed by atoms with Gasteiger partial charge in [0.1, 0.15) is 23.2 Å². The highest BCUT2D eigenvalue weighted by Gasteiger charge is 2.34. The predicted molar refractivity (Wildman–Crippen MR) is 103 cm³/mol. The molecule has 2 aromatic carbocycles. The van der Waals surface area contributed by atoms with Gasteiger partial charge in [-0.05, 0) is 43.3 Å². The number of carbonyl (C=O) groups excluding carboxylic acids is 1. The molecule has 0 bridgehead atoms. The highest BCUT2D eigenvalue weighted by Crippen LogP contribution is 2.31. The van der Waals surface area contributed by atoms with Gasteiger partial charge in [-0.1, -0.05) is 11.6 Å². The molecule has 3 aromatic rings. The van der Waals surface area contributed by atoms with Crippen LogP contribution in [0, 0.1) is 6.92 Å². The number of benzene rings is 2. The summed E-state index contributed by atoms with van der Waals surface area (Å²) in [5.74, 6) is 0.424. The lowest BCUT2D eigenvalue weighted by molar-refractivity contribution is -0.135. The maximum Gasteiger partial charge on any atom is 0.248 e. The topological polar surface area (TPSA) is 81.3 Å². The molecule has 1 aliphatic heterocycles. The van der Waals surface area contributed by atoms with Crippen molar-refractivity contribution in [3.05, 3.63) is 75.6 Å². The number of hydrogen-bond donors (Lipinski definition) is 0. The summed E-state index contributed by atoms with van der Waals surface area (Å²) in [7, 11) is 1.57. The van der Waals surface area contributed by atoms with Crippen LogP contribution in [0.1, 0.15) is 29.8 Å². The van der Waals surface area contributed by atoms with E-state index < -0.39 is 6.23 Å². The van der Waals surface area contributed by atoms with E-state index in [1.165, 1.54) is 18.2 Å². The minimum absolute atomic E-state index is 0.0492. The summed E-state index contributed by atoms with van der Waals surface area (Å²) >= 11 is 0. The van der Waals surface area contributed by atoms with Crippen LogP contribution in [0.2, 0.25) is 0 Å². The monoisotopic (exact) mass is 378 g/mol. The van der Waals surface area contributed by atoms with Crippen molar-refractivity contribution in [2.24, 2.45) is 5.10 Å². The quantitative estimate of drug-likeness (QED) is 0.698. The van der Waals surface area contributed by atoms with E-state index in [9.17, 15) is 9.59 Å². The van der Waals surface area contributed by atoms with Gasteiger partial charge in [0.25, 0.3) is 0 Å². The van der Waals surface area contributed by atoms with Crippen molar-refractivity contribution in [3.63, 3.8) is 0 Å². The average Bonchev–Trinajstić information content (AvgIpc) is 3.14. The van der Waals surface area contributed by atoms with Crippen molar-refractivity contribution in [2.75, 3.05) is 7.11 Å². The molecule has 0 N–H and O–H groups in total. The average molecular weight is 378 g/mol. The largest absolute Gasteiger partial charge is 0.497 e. The van der Waals surface area contributed by atoms with E-state index >= 15 is 0 Å². The molecule has 1 amide bonds. The highest BCUT2D eigenvalue weighted by molar-refractivity contribution is 5.98. The fourth-order valence-electron chi connectivity index (χ4n) is 3.05. The van der Waals surface area contributed by atoms with Crippen molar-refractivity contribution >= 4 is 22.8 Å². The van der Waals surface area contributed by atoms with E-state index in [0.29, 0.717) is 22.3 Å². The molecule has 0 saturated carbocycles.